The van der Waals surface area contributed by atoms with E-state index in [4.69, 9.17) is 9.26 Å². The van der Waals surface area contributed by atoms with Gasteiger partial charge in [-0.05, 0) is 50.3 Å². The molecule has 0 unspecified atom stereocenters. The fourth-order valence-electron chi connectivity index (χ4n) is 4.06. The van der Waals surface area contributed by atoms with Crippen LogP contribution in [0.15, 0.2) is 28.8 Å². The molecular weight excluding hydrogens is 342 g/mol. The zero-order valence-electron chi connectivity index (χ0n) is 15.5. The molecule has 1 aliphatic heterocycles. The number of pyridine rings is 1. The lowest BCUT2D eigenvalue weighted by atomic mass is 9.99. The molecule has 6 heteroatoms. The third kappa shape index (κ3) is 2.59. The Morgan fingerprint density at radius 3 is 2.85 bits per heavy atom. The van der Waals surface area contributed by atoms with Crippen LogP contribution in [0.25, 0.3) is 11.1 Å². The molecule has 138 valence electrons. The Bertz CT molecular complexity index is 1050. The highest BCUT2D eigenvalue weighted by Gasteiger charge is 2.37. The summed E-state index contributed by atoms with van der Waals surface area (Å²) in [6.07, 6.45) is 2.84. The van der Waals surface area contributed by atoms with Crippen LogP contribution in [-0.4, -0.2) is 40.1 Å². The van der Waals surface area contributed by atoms with Gasteiger partial charge in [0, 0.05) is 5.69 Å². The predicted molar refractivity (Wildman–Crippen MR) is 100 cm³/mol. The Morgan fingerprint density at radius 1 is 1.22 bits per heavy atom. The summed E-state index contributed by atoms with van der Waals surface area (Å²) in [5.74, 6) is 0.924. The van der Waals surface area contributed by atoms with Gasteiger partial charge in [0.25, 0.3) is 11.6 Å². The standard InChI is InChI=1S/C21H21N3O3/c1-12-6-3-4-9-17(12)26-14-10-24(11-14)21(25)19-15-7-5-8-16(15)22-20-18(19)13(2)23-27-20/h3-4,6,9,14H,5,7-8,10-11H2,1-2H3. The Balaban J connectivity index is 1.40. The summed E-state index contributed by atoms with van der Waals surface area (Å²) in [6, 6.07) is 7.97. The topological polar surface area (TPSA) is 68.5 Å². The normalized spacial score (nSPS) is 16.4. The molecular formula is C21H21N3O3. The van der Waals surface area contributed by atoms with E-state index in [1.165, 1.54) is 0 Å². The highest BCUT2D eigenvalue weighted by atomic mass is 16.5. The average Bonchev–Trinajstić information content (AvgIpc) is 3.23. The molecule has 6 nitrogen and oxygen atoms in total. The first-order valence-corrected chi connectivity index (χ1v) is 9.41. The van der Waals surface area contributed by atoms with Crippen LogP contribution in [0.2, 0.25) is 0 Å². The van der Waals surface area contributed by atoms with Crippen molar-refractivity contribution in [2.75, 3.05) is 13.1 Å². The summed E-state index contributed by atoms with van der Waals surface area (Å²) >= 11 is 0. The minimum atomic E-state index is 0.0315. The van der Waals surface area contributed by atoms with Crippen molar-refractivity contribution in [1.82, 2.24) is 15.0 Å². The highest BCUT2D eigenvalue weighted by Crippen LogP contribution is 2.33. The second kappa shape index (κ2) is 6.08. The third-order valence-corrected chi connectivity index (χ3v) is 5.56. The fourth-order valence-corrected chi connectivity index (χ4v) is 4.06. The number of carbonyl (C=O) groups excluding carboxylic acids is 1. The van der Waals surface area contributed by atoms with E-state index in [0.29, 0.717) is 18.8 Å². The van der Waals surface area contributed by atoms with Crippen molar-refractivity contribution in [3.8, 4) is 5.75 Å². The van der Waals surface area contributed by atoms with Crippen molar-refractivity contribution in [2.45, 2.75) is 39.2 Å². The molecule has 2 aliphatic rings. The van der Waals surface area contributed by atoms with Gasteiger partial charge in [0.05, 0.1) is 29.7 Å². The summed E-state index contributed by atoms with van der Waals surface area (Å²) in [5.41, 5.74) is 5.10. The van der Waals surface area contributed by atoms with Crippen LogP contribution in [0.3, 0.4) is 0 Å². The molecule has 0 saturated carbocycles. The second-order valence-corrected chi connectivity index (χ2v) is 7.43. The maximum atomic E-state index is 13.3. The van der Waals surface area contributed by atoms with Gasteiger partial charge in [0.2, 0.25) is 0 Å². The molecule has 0 radical (unpaired) electrons. The molecule has 2 aromatic heterocycles. The number of benzene rings is 1. The first-order valence-electron chi connectivity index (χ1n) is 9.41. The second-order valence-electron chi connectivity index (χ2n) is 7.43. The molecule has 3 aromatic rings. The van der Waals surface area contributed by atoms with Gasteiger partial charge in [0.1, 0.15) is 11.9 Å². The zero-order valence-corrected chi connectivity index (χ0v) is 15.5. The van der Waals surface area contributed by atoms with E-state index in [0.717, 1.165) is 58.5 Å². The van der Waals surface area contributed by atoms with Gasteiger partial charge in [-0.2, -0.15) is 0 Å². The molecule has 0 atom stereocenters. The van der Waals surface area contributed by atoms with Crippen LogP contribution in [0.4, 0.5) is 0 Å². The first kappa shape index (κ1) is 16.3. The lowest BCUT2D eigenvalue weighted by molar-refractivity contribution is 0.0176. The van der Waals surface area contributed by atoms with E-state index < -0.39 is 0 Å². The van der Waals surface area contributed by atoms with Crippen LogP contribution in [-0.2, 0) is 12.8 Å². The lowest BCUT2D eigenvalue weighted by Gasteiger charge is -2.39. The van der Waals surface area contributed by atoms with Crippen LogP contribution < -0.4 is 4.74 Å². The van der Waals surface area contributed by atoms with Gasteiger partial charge >= 0.3 is 0 Å². The lowest BCUT2D eigenvalue weighted by Crippen LogP contribution is -2.56. The van der Waals surface area contributed by atoms with Gasteiger partial charge in [0.15, 0.2) is 0 Å². The van der Waals surface area contributed by atoms with Crippen molar-refractivity contribution < 1.29 is 14.1 Å². The van der Waals surface area contributed by atoms with Crippen molar-refractivity contribution >= 4 is 17.0 Å². The summed E-state index contributed by atoms with van der Waals surface area (Å²) in [7, 11) is 0. The molecule has 27 heavy (non-hydrogen) atoms. The number of likely N-dealkylation sites (tertiary alicyclic amines) is 1. The monoisotopic (exact) mass is 363 g/mol. The summed E-state index contributed by atoms with van der Waals surface area (Å²) in [4.78, 5) is 19.7. The summed E-state index contributed by atoms with van der Waals surface area (Å²) < 4.78 is 11.4. The van der Waals surface area contributed by atoms with Crippen LogP contribution in [0.5, 0.6) is 5.75 Å². The smallest absolute Gasteiger partial charge is 0.259 e. The molecule has 1 aliphatic carbocycles. The number of hydrogen-bond acceptors (Lipinski definition) is 5. The van der Waals surface area contributed by atoms with E-state index in [-0.39, 0.29) is 12.0 Å². The number of amides is 1. The Morgan fingerprint density at radius 2 is 2.04 bits per heavy atom. The van der Waals surface area contributed by atoms with Crippen LogP contribution in [0.1, 0.15) is 39.3 Å². The van der Waals surface area contributed by atoms with E-state index in [1.54, 1.807) is 0 Å². The molecule has 1 fully saturated rings. The van der Waals surface area contributed by atoms with Gasteiger partial charge in [-0.3, -0.25) is 4.79 Å². The summed E-state index contributed by atoms with van der Waals surface area (Å²) in [5, 5.41) is 4.80. The number of carbonyl (C=O) groups is 1. The van der Waals surface area contributed by atoms with Crippen LogP contribution >= 0.6 is 0 Å². The molecule has 0 N–H and O–H groups in total. The van der Waals surface area contributed by atoms with E-state index in [9.17, 15) is 4.79 Å². The molecule has 1 amide bonds. The molecule has 1 saturated heterocycles. The number of rotatable bonds is 3. The number of para-hydroxylation sites is 1. The third-order valence-electron chi connectivity index (χ3n) is 5.56. The molecule has 0 bridgehead atoms. The number of hydrogen-bond donors (Lipinski definition) is 0. The zero-order chi connectivity index (χ0) is 18.5. The molecule has 5 rings (SSSR count). The van der Waals surface area contributed by atoms with E-state index in [1.807, 2.05) is 43.0 Å². The van der Waals surface area contributed by atoms with Crippen molar-refractivity contribution in [3.05, 3.63) is 52.3 Å². The van der Waals surface area contributed by atoms with Crippen molar-refractivity contribution in [2.24, 2.45) is 0 Å². The van der Waals surface area contributed by atoms with Gasteiger partial charge < -0.3 is 14.2 Å². The average molecular weight is 363 g/mol. The Hall–Kier alpha value is -2.89. The SMILES string of the molecule is Cc1ccccc1OC1CN(C(=O)c2c3c(nc4onc(C)c24)CCC3)C1. The van der Waals surface area contributed by atoms with Gasteiger partial charge in [-0.1, -0.05) is 23.4 Å². The number of nitrogens with zero attached hydrogens (tertiary/aromatic N) is 3. The molecule has 1 aromatic carbocycles. The van der Waals surface area contributed by atoms with Gasteiger partial charge in [-0.15, -0.1) is 0 Å². The largest absolute Gasteiger partial charge is 0.486 e. The number of fused-ring (bicyclic) bond motifs is 2. The number of aromatic nitrogens is 2. The summed E-state index contributed by atoms with van der Waals surface area (Å²) in [6.45, 7) is 5.08. The Kier molecular flexibility index (Phi) is 3.67. The first-order chi connectivity index (χ1) is 13.1. The van der Waals surface area contributed by atoms with E-state index >= 15 is 0 Å². The fraction of sp³-hybridized carbons (Fsp3) is 0.381. The predicted octanol–water partition coefficient (Wildman–Crippen LogP) is 3.23. The van der Waals surface area contributed by atoms with E-state index in [2.05, 4.69) is 10.1 Å². The number of ether oxygens (including phenoxy) is 1. The quantitative estimate of drug-likeness (QED) is 0.715. The maximum Gasteiger partial charge on any atom is 0.259 e. The highest BCUT2D eigenvalue weighted by molar-refractivity contribution is 6.08. The van der Waals surface area contributed by atoms with Gasteiger partial charge in [-0.25, -0.2) is 4.98 Å². The molecule has 0 spiro atoms. The maximum absolute atomic E-state index is 13.3. The van der Waals surface area contributed by atoms with Crippen LogP contribution in [0, 0.1) is 13.8 Å². The van der Waals surface area contributed by atoms with Crippen molar-refractivity contribution in [3.63, 3.8) is 0 Å². The van der Waals surface area contributed by atoms with Crippen molar-refractivity contribution in [1.29, 1.82) is 0 Å². The Labute approximate surface area is 157 Å². The number of aryl methyl sites for hydroxylation is 3. The minimum absolute atomic E-state index is 0.0315. The molecule has 3 heterocycles. The minimum Gasteiger partial charge on any atom is -0.486 e.